The van der Waals surface area contributed by atoms with Crippen LogP contribution in [0.15, 0.2) is 23.9 Å². The highest BCUT2D eigenvalue weighted by atomic mass is 14.9. The Morgan fingerprint density at radius 1 is 1.64 bits per heavy atom. The standard InChI is InChI=1S/C12H20N2/c1-5-13-11(3)10(2)9-12-7-6-8-14(12)4/h6-9,11,13H,5H2,1-4H3/b10-9+. The van der Waals surface area contributed by atoms with Gasteiger partial charge in [-0.3, -0.25) is 0 Å². The lowest BCUT2D eigenvalue weighted by atomic mass is 10.1. The van der Waals surface area contributed by atoms with E-state index in [0.717, 1.165) is 6.54 Å². The minimum absolute atomic E-state index is 0.454. The Bertz CT molecular complexity index is 310. The third-order valence-electron chi connectivity index (χ3n) is 2.55. The molecule has 1 unspecified atom stereocenters. The second-order valence-electron chi connectivity index (χ2n) is 3.71. The van der Waals surface area contributed by atoms with Crippen molar-refractivity contribution in [2.45, 2.75) is 26.8 Å². The van der Waals surface area contributed by atoms with Crippen molar-refractivity contribution in [2.24, 2.45) is 7.05 Å². The van der Waals surface area contributed by atoms with Gasteiger partial charge in [-0.25, -0.2) is 0 Å². The van der Waals surface area contributed by atoms with E-state index in [0.29, 0.717) is 6.04 Å². The molecule has 0 bridgehead atoms. The van der Waals surface area contributed by atoms with E-state index >= 15 is 0 Å². The van der Waals surface area contributed by atoms with Gasteiger partial charge in [-0.2, -0.15) is 0 Å². The lowest BCUT2D eigenvalue weighted by molar-refractivity contribution is 0.636. The molecule has 0 saturated carbocycles. The van der Waals surface area contributed by atoms with Crippen LogP contribution in [0.5, 0.6) is 0 Å². The number of aryl methyl sites for hydroxylation is 1. The highest BCUT2D eigenvalue weighted by molar-refractivity contribution is 5.50. The van der Waals surface area contributed by atoms with Crippen molar-refractivity contribution in [1.29, 1.82) is 0 Å². The fraction of sp³-hybridized carbons (Fsp3) is 0.500. The van der Waals surface area contributed by atoms with Gasteiger partial charge in [0.2, 0.25) is 0 Å². The molecule has 0 aromatic carbocycles. The van der Waals surface area contributed by atoms with Crippen molar-refractivity contribution in [3.05, 3.63) is 29.6 Å². The molecule has 78 valence electrons. The van der Waals surface area contributed by atoms with Crippen molar-refractivity contribution in [3.63, 3.8) is 0 Å². The van der Waals surface area contributed by atoms with Gasteiger partial charge in [0.25, 0.3) is 0 Å². The van der Waals surface area contributed by atoms with Gasteiger partial charge in [-0.1, -0.05) is 12.5 Å². The van der Waals surface area contributed by atoms with Crippen LogP contribution in [0.1, 0.15) is 26.5 Å². The molecular weight excluding hydrogens is 172 g/mol. The number of aromatic nitrogens is 1. The van der Waals surface area contributed by atoms with Crippen molar-refractivity contribution in [1.82, 2.24) is 9.88 Å². The number of rotatable bonds is 4. The van der Waals surface area contributed by atoms with Gasteiger partial charge in [0, 0.05) is 25.0 Å². The number of nitrogens with one attached hydrogen (secondary N) is 1. The smallest absolute Gasteiger partial charge is 0.0404 e. The minimum Gasteiger partial charge on any atom is -0.351 e. The highest BCUT2D eigenvalue weighted by Crippen LogP contribution is 2.09. The van der Waals surface area contributed by atoms with Gasteiger partial charge in [0.1, 0.15) is 0 Å². The normalized spacial score (nSPS) is 14.4. The molecule has 0 fully saturated rings. The third-order valence-corrected chi connectivity index (χ3v) is 2.55. The Morgan fingerprint density at radius 2 is 2.36 bits per heavy atom. The van der Waals surface area contributed by atoms with E-state index in [2.05, 4.69) is 62.1 Å². The first-order valence-electron chi connectivity index (χ1n) is 5.18. The average molecular weight is 192 g/mol. The van der Waals surface area contributed by atoms with Crippen LogP contribution >= 0.6 is 0 Å². The first-order chi connectivity index (χ1) is 6.65. The predicted octanol–water partition coefficient (Wildman–Crippen LogP) is 2.43. The summed E-state index contributed by atoms with van der Waals surface area (Å²) in [4.78, 5) is 0. The molecule has 1 aromatic rings. The molecule has 0 aliphatic carbocycles. The molecule has 2 heteroatoms. The molecule has 0 aliphatic heterocycles. The van der Waals surface area contributed by atoms with Crippen LogP contribution in [0, 0.1) is 0 Å². The second-order valence-corrected chi connectivity index (χ2v) is 3.71. The molecule has 1 aromatic heterocycles. The van der Waals surface area contributed by atoms with Crippen molar-refractivity contribution in [2.75, 3.05) is 6.54 Å². The summed E-state index contributed by atoms with van der Waals surface area (Å²) >= 11 is 0. The summed E-state index contributed by atoms with van der Waals surface area (Å²) in [6.07, 6.45) is 4.30. The molecule has 0 spiro atoms. The SMILES string of the molecule is CCNC(C)/C(C)=C/c1cccn1C. The van der Waals surface area contributed by atoms with E-state index in [1.165, 1.54) is 11.3 Å². The van der Waals surface area contributed by atoms with E-state index in [1.54, 1.807) is 0 Å². The quantitative estimate of drug-likeness (QED) is 0.775. The maximum absolute atomic E-state index is 3.40. The summed E-state index contributed by atoms with van der Waals surface area (Å²) in [6, 6.07) is 4.65. The van der Waals surface area contributed by atoms with E-state index in [1.807, 2.05) is 0 Å². The first-order valence-corrected chi connectivity index (χ1v) is 5.18. The highest BCUT2D eigenvalue weighted by Gasteiger charge is 2.02. The van der Waals surface area contributed by atoms with Gasteiger partial charge in [-0.15, -0.1) is 0 Å². The molecule has 1 N–H and O–H groups in total. The summed E-state index contributed by atoms with van der Waals surface area (Å²) in [5.41, 5.74) is 2.63. The zero-order valence-electron chi connectivity index (χ0n) is 9.54. The van der Waals surface area contributed by atoms with Crippen molar-refractivity contribution >= 4 is 6.08 Å². The molecule has 0 amide bonds. The molecule has 2 nitrogen and oxygen atoms in total. The van der Waals surface area contributed by atoms with Gasteiger partial charge in [0.05, 0.1) is 0 Å². The Labute approximate surface area is 86.6 Å². The van der Waals surface area contributed by atoms with Crippen LogP contribution in [-0.2, 0) is 7.05 Å². The summed E-state index contributed by atoms with van der Waals surface area (Å²) in [5, 5.41) is 3.40. The predicted molar refractivity (Wildman–Crippen MR) is 62.2 cm³/mol. The average Bonchev–Trinajstić information content (AvgIpc) is 2.52. The Kier molecular flexibility index (Phi) is 3.96. The fourth-order valence-corrected chi connectivity index (χ4v) is 1.45. The lowest BCUT2D eigenvalue weighted by Crippen LogP contribution is -2.26. The largest absolute Gasteiger partial charge is 0.351 e. The molecule has 1 heterocycles. The molecule has 1 atom stereocenters. The van der Waals surface area contributed by atoms with Crippen molar-refractivity contribution in [3.8, 4) is 0 Å². The van der Waals surface area contributed by atoms with Crippen LogP contribution < -0.4 is 5.32 Å². The number of hydrogen-bond donors (Lipinski definition) is 1. The molecule has 1 rings (SSSR count). The first kappa shape index (κ1) is 11.1. The Morgan fingerprint density at radius 3 is 2.86 bits per heavy atom. The summed E-state index contributed by atoms with van der Waals surface area (Å²) < 4.78 is 2.13. The van der Waals surface area contributed by atoms with E-state index in [4.69, 9.17) is 0 Å². The summed E-state index contributed by atoms with van der Waals surface area (Å²) in [7, 11) is 2.07. The maximum atomic E-state index is 3.40. The van der Waals surface area contributed by atoms with Crippen molar-refractivity contribution < 1.29 is 0 Å². The maximum Gasteiger partial charge on any atom is 0.0404 e. The second kappa shape index (κ2) is 5.01. The van der Waals surface area contributed by atoms with E-state index < -0.39 is 0 Å². The van der Waals surface area contributed by atoms with Crippen LogP contribution in [0.2, 0.25) is 0 Å². The number of nitrogens with zero attached hydrogens (tertiary/aromatic N) is 1. The topological polar surface area (TPSA) is 17.0 Å². The zero-order valence-corrected chi connectivity index (χ0v) is 9.54. The zero-order chi connectivity index (χ0) is 10.6. The molecular formula is C12H20N2. The van der Waals surface area contributed by atoms with E-state index in [9.17, 15) is 0 Å². The van der Waals surface area contributed by atoms with Crippen LogP contribution in [0.4, 0.5) is 0 Å². The van der Waals surface area contributed by atoms with Crippen LogP contribution in [0.3, 0.4) is 0 Å². The monoisotopic (exact) mass is 192 g/mol. The number of likely N-dealkylation sites (N-methyl/N-ethyl adjacent to an activating group) is 1. The Balaban J connectivity index is 2.73. The van der Waals surface area contributed by atoms with Gasteiger partial charge >= 0.3 is 0 Å². The summed E-state index contributed by atoms with van der Waals surface area (Å²) in [6.45, 7) is 7.50. The van der Waals surface area contributed by atoms with Gasteiger partial charge in [0.15, 0.2) is 0 Å². The molecule has 0 radical (unpaired) electrons. The van der Waals surface area contributed by atoms with Gasteiger partial charge in [-0.05, 0) is 38.6 Å². The third kappa shape index (κ3) is 2.74. The molecule has 0 aliphatic rings. The van der Waals surface area contributed by atoms with E-state index in [-0.39, 0.29) is 0 Å². The fourth-order valence-electron chi connectivity index (χ4n) is 1.45. The van der Waals surface area contributed by atoms with Gasteiger partial charge < -0.3 is 9.88 Å². The number of hydrogen-bond acceptors (Lipinski definition) is 1. The minimum atomic E-state index is 0.454. The van der Waals surface area contributed by atoms with Crippen LogP contribution in [0.25, 0.3) is 6.08 Å². The Hall–Kier alpha value is -1.02. The summed E-state index contributed by atoms with van der Waals surface area (Å²) in [5.74, 6) is 0. The lowest BCUT2D eigenvalue weighted by Gasteiger charge is -2.13. The molecule has 0 saturated heterocycles. The van der Waals surface area contributed by atoms with Crippen LogP contribution in [-0.4, -0.2) is 17.2 Å². The molecule has 14 heavy (non-hydrogen) atoms.